The minimum absolute atomic E-state index is 0.107. The molecule has 0 amide bonds. The van der Waals surface area contributed by atoms with Gasteiger partial charge in [-0.1, -0.05) is 323 Å². The molecule has 17 nitrogen and oxygen atoms in total. The highest BCUT2D eigenvalue weighted by Crippen LogP contribution is 2.45. The lowest BCUT2D eigenvalue weighted by atomic mass is 10.0. The van der Waals surface area contributed by atoms with Gasteiger partial charge in [-0.2, -0.15) is 0 Å². The summed E-state index contributed by atoms with van der Waals surface area (Å²) in [5.41, 5.74) is 0. The summed E-state index contributed by atoms with van der Waals surface area (Å²) in [7, 11) is -9.90. The number of hydrogen-bond donors (Lipinski definition) is 3. The Morgan fingerprint density at radius 3 is 0.656 bits per heavy atom. The predicted molar refractivity (Wildman–Crippen MR) is 363 cm³/mol. The number of rotatable bonds is 72. The summed E-state index contributed by atoms with van der Waals surface area (Å²) in [6, 6.07) is 0. The Bertz CT molecular complexity index is 1720. The lowest BCUT2D eigenvalue weighted by Gasteiger charge is -2.21. The van der Waals surface area contributed by atoms with Crippen LogP contribution in [0.4, 0.5) is 0 Å². The Balaban J connectivity index is 5.20. The number of carbonyl (C=O) groups is 4. The van der Waals surface area contributed by atoms with Crippen LogP contribution in [-0.2, 0) is 65.4 Å². The molecule has 3 N–H and O–H groups in total. The van der Waals surface area contributed by atoms with Crippen molar-refractivity contribution in [1.29, 1.82) is 0 Å². The topological polar surface area (TPSA) is 237 Å². The zero-order chi connectivity index (χ0) is 66.1. The molecular weight excluding hydrogens is 1190 g/mol. The third kappa shape index (κ3) is 64.8. The van der Waals surface area contributed by atoms with Crippen LogP contribution < -0.4 is 0 Å². The highest BCUT2D eigenvalue weighted by molar-refractivity contribution is 7.47. The molecular formula is C71H138O17P2. The van der Waals surface area contributed by atoms with E-state index in [0.717, 1.165) is 89.9 Å². The van der Waals surface area contributed by atoms with Crippen LogP contribution in [0.1, 0.15) is 374 Å². The van der Waals surface area contributed by atoms with E-state index in [-0.39, 0.29) is 25.7 Å². The van der Waals surface area contributed by atoms with Gasteiger partial charge in [-0.05, 0) is 25.7 Å². The summed E-state index contributed by atoms with van der Waals surface area (Å²) >= 11 is 0. The van der Waals surface area contributed by atoms with E-state index in [9.17, 15) is 43.2 Å². The molecule has 0 aliphatic rings. The molecule has 90 heavy (non-hydrogen) atoms. The third-order valence-corrected chi connectivity index (χ3v) is 18.5. The van der Waals surface area contributed by atoms with Crippen LogP contribution in [0.5, 0.6) is 0 Å². The van der Waals surface area contributed by atoms with Crippen molar-refractivity contribution >= 4 is 39.5 Å². The number of carbonyl (C=O) groups excluding carboxylic acids is 4. The number of phosphoric ester groups is 2. The molecule has 0 bridgehead atoms. The fraction of sp³-hybridized carbons (Fsp3) is 0.944. The Labute approximate surface area is 549 Å². The highest BCUT2D eigenvalue weighted by Gasteiger charge is 2.30. The van der Waals surface area contributed by atoms with Gasteiger partial charge in [-0.15, -0.1) is 0 Å². The monoisotopic (exact) mass is 1320 g/mol. The maximum Gasteiger partial charge on any atom is 0.472 e. The SMILES string of the molecule is CCCCCCCCCCCCCCCCCCCCC(=O)O[C@H](COC(=O)CCCCCCCCCCCCCC)COP(=O)(O)OC[C@@H](O)COP(=O)(O)OC[C@@H](COC(=O)CCCCCCCCCCCC)OC(=O)CCCCCCCCCCCC. The van der Waals surface area contributed by atoms with Crippen LogP contribution in [0.15, 0.2) is 0 Å². The number of esters is 4. The fourth-order valence-corrected chi connectivity index (χ4v) is 12.4. The molecule has 0 saturated heterocycles. The average molecular weight is 1330 g/mol. The molecule has 0 aromatic heterocycles. The first kappa shape index (κ1) is 88.1. The smallest absolute Gasteiger partial charge is 0.462 e. The second-order valence-electron chi connectivity index (χ2n) is 25.6. The Morgan fingerprint density at radius 2 is 0.444 bits per heavy atom. The van der Waals surface area contributed by atoms with Gasteiger partial charge in [0, 0.05) is 25.7 Å². The van der Waals surface area contributed by atoms with Crippen molar-refractivity contribution < 1.29 is 80.2 Å². The Morgan fingerprint density at radius 1 is 0.267 bits per heavy atom. The van der Waals surface area contributed by atoms with Gasteiger partial charge in [-0.25, -0.2) is 9.13 Å². The van der Waals surface area contributed by atoms with Gasteiger partial charge in [0.25, 0.3) is 0 Å². The van der Waals surface area contributed by atoms with E-state index in [1.165, 1.54) is 205 Å². The molecule has 0 spiro atoms. The van der Waals surface area contributed by atoms with Crippen LogP contribution in [0.25, 0.3) is 0 Å². The summed E-state index contributed by atoms with van der Waals surface area (Å²) in [5, 5.41) is 10.6. The second-order valence-corrected chi connectivity index (χ2v) is 28.5. The van der Waals surface area contributed by atoms with Crippen LogP contribution in [-0.4, -0.2) is 96.7 Å². The number of hydrogen-bond acceptors (Lipinski definition) is 15. The number of aliphatic hydroxyl groups excluding tert-OH is 1. The average Bonchev–Trinajstić information content (AvgIpc) is 3.69. The fourth-order valence-electron chi connectivity index (χ4n) is 10.9. The zero-order valence-corrected chi connectivity index (χ0v) is 59.9. The summed E-state index contributed by atoms with van der Waals surface area (Å²) in [6.07, 6.45) is 54.0. The summed E-state index contributed by atoms with van der Waals surface area (Å²) in [5.74, 6) is -2.12. The van der Waals surface area contributed by atoms with Crippen LogP contribution >= 0.6 is 15.6 Å². The molecule has 0 aromatic carbocycles. The van der Waals surface area contributed by atoms with Crippen LogP contribution in [0.2, 0.25) is 0 Å². The molecule has 0 aliphatic heterocycles. The summed E-state index contributed by atoms with van der Waals surface area (Å²) in [4.78, 5) is 72.5. The van der Waals surface area contributed by atoms with Gasteiger partial charge < -0.3 is 33.8 Å². The first-order valence-corrected chi connectivity index (χ1v) is 40.3. The maximum atomic E-state index is 13.0. The molecule has 0 rings (SSSR count). The van der Waals surface area contributed by atoms with E-state index in [0.29, 0.717) is 25.7 Å². The second kappa shape index (κ2) is 65.7. The Hall–Kier alpha value is -1.94. The van der Waals surface area contributed by atoms with E-state index in [2.05, 4.69) is 27.7 Å². The van der Waals surface area contributed by atoms with E-state index >= 15 is 0 Å². The van der Waals surface area contributed by atoms with Gasteiger partial charge in [0.15, 0.2) is 12.2 Å². The number of phosphoric acid groups is 2. The van der Waals surface area contributed by atoms with Crippen LogP contribution in [0.3, 0.4) is 0 Å². The first-order chi connectivity index (χ1) is 43.7. The van der Waals surface area contributed by atoms with Crippen molar-refractivity contribution in [2.75, 3.05) is 39.6 Å². The van der Waals surface area contributed by atoms with Crippen molar-refractivity contribution in [3.05, 3.63) is 0 Å². The highest BCUT2D eigenvalue weighted by atomic mass is 31.2. The van der Waals surface area contributed by atoms with Crippen molar-refractivity contribution in [2.24, 2.45) is 0 Å². The standard InChI is InChI=1S/C71H138O17P2/c1-5-9-13-17-21-25-29-31-32-33-34-35-36-38-42-46-50-54-58-71(76)88-67(62-82-69(74)56-52-48-44-41-37-30-26-22-18-14-10-6-2)64-86-90(79,80)84-60-65(72)59-83-89(77,78)85-63-66(87-70(75)57-53-49-45-40-28-24-20-16-12-8-4)61-81-68(73)55-51-47-43-39-27-23-19-15-11-7-3/h65-67,72H,5-64H2,1-4H3,(H,77,78)(H,79,80)/t65-,66+,67+/m0/s1. The maximum absolute atomic E-state index is 13.0. The van der Waals surface area contributed by atoms with Gasteiger partial charge >= 0.3 is 39.5 Å². The first-order valence-electron chi connectivity index (χ1n) is 37.3. The minimum atomic E-state index is -4.95. The van der Waals surface area contributed by atoms with Gasteiger partial charge in [0.05, 0.1) is 26.4 Å². The zero-order valence-electron chi connectivity index (χ0n) is 58.1. The normalized spacial score (nSPS) is 14.0. The van der Waals surface area contributed by atoms with E-state index in [1.54, 1.807) is 0 Å². The van der Waals surface area contributed by atoms with Gasteiger partial charge in [0.1, 0.15) is 19.3 Å². The van der Waals surface area contributed by atoms with Crippen molar-refractivity contribution in [1.82, 2.24) is 0 Å². The van der Waals surface area contributed by atoms with Gasteiger partial charge in [-0.3, -0.25) is 37.3 Å². The number of ether oxygens (including phenoxy) is 4. The lowest BCUT2D eigenvalue weighted by Crippen LogP contribution is -2.30. The molecule has 534 valence electrons. The van der Waals surface area contributed by atoms with E-state index < -0.39 is 97.5 Å². The largest absolute Gasteiger partial charge is 0.472 e. The molecule has 0 saturated carbocycles. The molecule has 0 heterocycles. The summed E-state index contributed by atoms with van der Waals surface area (Å²) < 4.78 is 68.3. The van der Waals surface area contributed by atoms with Gasteiger partial charge in [0.2, 0.25) is 0 Å². The molecule has 19 heteroatoms. The molecule has 2 unspecified atom stereocenters. The van der Waals surface area contributed by atoms with Crippen molar-refractivity contribution in [2.45, 2.75) is 393 Å². The quantitative estimate of drug-likeness (QED) is 0.0222. The molecule has 0 aromatic rings. The van der Waals surface area contributed by atoms with Crippen molar-refractivity contribution in [3.8, 4) is 0 Å². The minimum Gasteiger partial charge on any atom is -0.462 e. The molecule has 0 fully saturated rings. The number of aliphatic hydroxyl groups is 1. The molecule has 0 aliphatic carbocycles. The molecule has 5 atom stereocenters. The predicted octanol–water partition coefficient (Wildman–Crippen LogP) is 20.7. The molecule has 0 radical (unpaired) electrons. The van der Waals surface area contributed by atoms with Crippen molar-refractivity contribution in [3.63, 3.8) is 0 Å². The summed E-state index contributed by atoms with van der Waals surface area (Å²) in [6.45, 7) is 4.94. The number of unbranched alkanes of at least 4 members (excludes halogenated alkanes) is 46. The lowest BCUT2D eigenvalue weighted by molar-refractivity contribution is -0.161. The Kier molecular flexibility index (Phi) is 64.3. The van der Waals surface area contributed by atoms with E-state index in [4.69, 9.17) is 37.0 Å². The third-order valence-electron chi connectivity index (χ3n) is 16.6. The van der Waals surface area contributed by atoms with Crippen LogP contribution in [0, 0.1) is 0 Å². The van der Waals surface area contributed by atoms with E-state index in [1.807, 2.05) is 0 Å².